The van der Waals surface area contributed by atoms with Crippen molar-refractivity contribution in [3.63, 3.8) is 0 Å². The molecule has 0 aliphatic heterocycles. The molecule has 9 rings (SSSR count). The molecule has 206 valence electrons. The van der Waals surface area contributed by atoms with Gasteiger partial charge in [-0.15, -0.1) is 11.3 Å². The third kappa shape index (κ3) is 4.00. The topological polar surface area (TPSA) is 13.1 Å². The molecule has 0 bridgehead atoms. The van der Waals surface area contributed by atoms with Crippen LogP contribution in [0.15, 0.2) is 162 Å². The van der Waals surface area contributed by atoms with Gasteiger partial charge >= 0.3 is 0 Å². The van der Waals surface area contributed by atoms with Crippen molar-refractivity contribution >= 4 is 53.4 Å². The normalized spacial score (nSPS) is 11.6. The predicted molar refractivity (Wildman–Crippen MR) is 188 cm³/mol. The number of rotatable bonds is 4. The molecule has 0 saturated heterocycles. The van der Waals surface area contributed by atoms with Crippen molar-refractivity contribution < 1.29 is 4.42 Å². The molecule has 0 unspecified atom stereocenters. The van der Waals surface area contributed by atoms with Gasteiger partial charge in [-0.05, 0) is 75.3 Å². The van der Waals surface area contributed by atoms with Gasteiger partial charge in [-0.25, -0.2) is 0 Å². The van der Waals surface area contributed by atoms with E-state index >= 15 is 0 Å². The van der Waals surface area contributed by atoms with E-state index in [4.69, 9.17) is 4.42 Å². The number of fused-ring (bicyclic) bond motifs is 6. The van der Waals surface area contributed by atoms with Crippen LogP contribution < -0.4 is 0 Å². The van der Waals surface area contributed by atoms with Gasteiger partial charge in [0.25, 0.3) is 0 Å². The summed E-state index contributed by atoms with van der Waals surface area (Å²) in [5.41, 5.74) is 11.6. The summed E-state index contributed by atoms with van der Waals surface area (Å²) in [7, 11) is 0. The third-order valence-corrected chi connectivity index (χ3v) is 9.93. The fourth-order valence-electron chi connectivity index (χ4n) is 6.65. The molecular weight excluding hydrogens is 553 g/mol. The first-order valence-electron chi connectivity index (χ1n) is 14.9. The fourth-order valence-corrected chi connectivity index (χ4v) is 7.87. The van der Waals surface area contributed by atoms with Crippen LogP contribution in [0.5, 0.6) is 0 Å². The van der Waals surface area contributed by atoms with Crippen LogP contribution in [0.3, 0.4) is 0 Å². The second-order valence-electron chi connectivity index (χ2n) is 11.3. The summed E-state index contributed by atoms with van der Waals surface area (Å²) in [4.78, 5) is 0. The molecule has 9 aromatic rings. The maximum atomic E-state index is 6.19. The van der Waals surface area contributed by atoms with Crippen molar-refractivity contribution in [2.75, 3.05) is 0 Å². The summed E-state index contributed by atoms with van der Waals surface area (Å²) in [6, 6.07) is 56.8. The highest BCUT2D eigenvalue weighted by Crippen LogP contribution is 2.46. The van der Waals surface area contributed by atoms with Crippen LogP contribution in [-0.4, -0.2) is 0 Å². The summed E-state index contributed by atoms with van der Waals surface area (Å²) in [5.74, 6) is 0. The molecule has 2 heteroatoms. The van der Waals surface area contributed by atoms with Gasteiger partial charge in [-0.2, -0.15) is 0 Å². The Kier molecular flexibility index (Phi) is 5.75. The standard InChI is InChI=1S/C42H26OS/c1-2-12-27(13-3-1)30-14-4-6-16-32(30)33-17-7-5-15-31(33)29-25-36(42-38(26-29)35-19-9-11-21-41(35)44-42)28-22-23-40-37(24-28)34-18-8-10-20-39(34)43-40/h1-26H. The van der Waals surface area contributed by atoms with Crippen LogP contribution in [0, 0.1) is 0 Å². The average molecular weight is 579 g/mol. The van der Waals surface area contributed by atoms with E-state index < -0.39 is 0 Å². The Morgan fingerprint density at radius 3 is 1.73 bits per heavy atom. The molecule has 2 heterocycles. The van der Waals surface area contributed by atoms with Crippen molar-refractivity contribution in [3.8, 4) is 44.5 Å². The Hall–Kier alpha value is -5.44. The van der Waals surface area contributed by atoms with Crippen LogP contribution in [0.25, 0.3) is 86.6 Å². The van der Waals surface area contributed by atoms with Crippen LogP contribution >= 0.6 is 11.3 Å². The highest BCUT2D eigenvalue weighted by Gasteiger charge is 2.18. The molecule has 1 nitrogen and oxygen atoms in total. The van der Waals surface area contributed by atoms with E-state index in [2.05, 4.69) is 146 Å². The highest BCUT2D eigenvalue weighted by atomic mass is 32.1. The fraction of sp³-hybridized carbons (Fsp3) is 0. The Balaban J connectivity index is 1.32. The average Bonchev–Trinajstić information content (AvgIpc) is 3.66. The van der Waals surface area contributed by atoms with Gasteiger partial charge in [0.2, 0.25) is 0 Å². The second-order valence-corrected chi connectivity index (χ2v) is 12.3. The van der Waals surface area contributed by atoms with Gasteiger partial charge < -0.3 is 4.42 Å². The molecule has 0 fully saturated rings. The van der Waals surface area contributed by atoms with Crippen molar-refractivity contribution in [2.45, 2.75) is 0 Å². The molecule has 2 aromatic heterocycles. The smallest absolute Gasteiger partial charge is 0.135 e. The Morgan fingerprint density at radius 2 is 0.932 bits per heavy atom. The van der Waals surface area contributed by atoms with Gasteiger partial charge in [0.15, 0.2) is 0 Å². The van der Waals surface area contributed by atoms with E-state index in [1.807, 2.05) is 23.5 Å². The number of benzene rings is 7. The summed E-state index contributed by atoms with van der Waals surface area (Å²) >= 11 is 1.87. The molecule has 0 amide bonds. The number of thiophene rings is 1. The predicted octanol–water partition coefficient (Wildman–Crippen LogP) is 12.6. The molecular formula is C42H26OS. The molecule has 0 aliphatic rings. The molecule has 0 aliphatic carbocycles. The lowest BCUT2D eigenvalue weighted by Crippen LogP contribution is -1.90. The maximum Gasteiger partial charge on any atom is 0.135 e. The zero-order valence-corrected chi connectivity index (χ0v) is 24.6. The van der Waals surface area contributed by atoms with E-state index in [0.29, 0.717) is 0 Å². The van der Waals surface area contributed by atoms with Crippen molar-refractivity contribution in [2.24, 2.45) is 0 Å². The number of hydrogen-bond acceptors (Lipinski definition) is 2. The molecule has 0 saturated carbocycles. The summed E-state index contributed by atoms with van der Waals surface area (Å²) in [6.07, 6.45) is 0. The second kappa shape index (κ2) is 10.1. The quantitative estimate of drug-likeness (QED) is 0.202. The Bertz CT molecular complexity index is 2500. The van der Waals surface area contributed by atoms with E-state index in [1.165, 1.54) is 64.7 Å². The number of furan rings is 1. The zero-order chi connectivity index (χ0) is 29.0. The molecule has 0 spiro atoms. The van der Waals surface area contributed by atoms with Crippen LogP contribution in [0.4, 0.5) is 0 Å². The maximum absolute atomic E-state index is 6.19. The van der Waals surface area contributed by atoms with E-state index in [0.717, 1.165) is 21.9 Å². The van der Waals surface area contributed by atoms with E-state index in [1.54, 1.807) is 0 Å². The third-order valence-electron chi connectivity index (χ3n) is 8.71. The largest absolute Gasteiger partial charge is 0.456 e. The number of para-hydroxylation sites is 1. The molecule has 0 atom stereocenters. The Labute approximate surface area is 259 Å². The lowest BCUT2D eigenvalue weighted by molar-refractivity contribution is 0.669. The van der Waals surface area contributed by atoms with E-state index in [9.17, 15) is 0 Å². The first-order chi connectivity index (χ1) is 21.8. The van der Waals surface area contributed by atoms with Crippen LogP contribution in [0.1, 0.15) is 0 Å². The van der Waals surface area contributed by atoms with Gasteiger partial charge in [-0.1, -0.05) is 121 Å². The highest BCUT2D eigenvalue weighted by molar-refractivity contribution is 7.26. The van der Waals surface area contributed by atoms with E-state index in [-0.39, 0.29) is 0 Å². The first kappa shape index (κ1) is 25.1. The minimum absolute atomic E-state index is 0.918. The SMILES string of the molecule is c1ccc(-c2ccccc2-c2ccccc2-c2cc(-c3ccc4oc5ccccc5c4c3)c3sc4ccccc4c3c2)cc1. The minimum Gasteiger partial charge on any atom is -0.456 e. The lowest BCUT2D eigenvalue weighted by Gasteiger charge is -2.16. The van der Waals surface area contributed by atoms with Crippen molar-refractivity contribution in [1.82, 2.24) is 0 Å². The number of hydrogen-bond donors (Lipinski definition) is 0. The summed E-state index contributed by atoms with van der Waals surface area (Å²) in [5, 5.41) is 4.89. The lowest BCUT2D eigenvalue weighted by atomic mass is 9.88. The van der Waals surface area contributed by atoms with Crippen LogP contribution in [-0.2, 0) is 0 Å². The minimum atomic E-state index is 0.918. The van der Waals surface area contributed by atoms with Crippen molar-refractivity contribution in [3.05, 3.63) is 158 Å². The van der Waals surface area contributed by atoms with Crippen molar-refractivity contribution in [1.29, 1.82) is 0 Å². The molecule has 7 aromatic carbocycles. The molecule has 0 N–H and O–H groups in total. The van der Waals surface area contributed by atoms with Gasteiger partial charge in [0.1, 0.15) is 11.2 Å². The summed E-state index contributed by atoms with van der Waals surface area (Å²) in [6.45, 7) is 0. The van der Waals surface area contributed by atoms with Crippen LogP contribution in [0.2, 0.25) is 0 Å². The first-order valence-corrected chi connectivity index (χ1v) is 15.7. The van der Waals surface area contributed by atoms with Gasteiger partial charge in [0.05, 0.1) is 0 Å². The zero-order valence-electron chi connectivity index (χ0n) is 23.8. The Morgan fingerprint density at radius 1 is 0.341 bits per heavy atom. The monoisotopic (exact) mass is 578 g/mol. The molecule has 0 radical (unpaired) electrons. The summed E-state index contributed by atoms with van der Waals surface area (Å²) < 4.78 is 8.80. The van der Waals surface area contributed by atoms with Gasteiger partial charge in [-0.3, -0.25) is 0 Å². The molecule has 44 heavy (non-hydrogen) atoms. The van der Waals surface area contributed by atoms with Gasteiger partial charge in [0, 0.05) is 36.5 Å².